The van der Waals surface area contributed by atoms with Crippen molar-refractivity contribution in [2.24, 2.45) is 0 Å². The van der Waals surface area contributed by atoms with Gasteiger partial charge in [-0.15, -0.1) is 0 Å². The molecule has 180 valence electrons. The van der Waals surface area contributed by atoms with Gasteiger partial charge in [0, 0.05) is 13.0 Å². The van der Waals surface area contributed by atoms with E-state index < -0.39 is 26.1 Å². The first-order valence-electron chi connectivity index (χ1n) is 11.1. The number of ether oxygens (including phenoxy) is 4. The van der Waals surface area contributed by atoms with Gasteiger partial charge < -0.3 is 28.4 Å². The molecule has 3 aromatic carbocycles. The molecule has 1 aliphatic rings. The highest BCUT2D eigenvalue weighted by Gasteiger charge is 2.40. The molecule has 0 spiro atoms. The summed E-state index contributed by atoms with van der Waals surface area (Å²) in [5, 5.41) is 0. The quantitative estimate of drug-likeness (QED) is 0.333. The lowest BCUT2D eigenvalue weighted by Crippen LogP contribution is -2.38. The predicted molar refractivity (Wildman–Crippen MR) is 129 cm³/mol. The highest BCUT2D eigenvalue weighted by atomic mass is 31.1. The van der Waals surface area contributed by atoms with Crippen LogP contribution >= 0.6 is 8.25 Å². The summed E-state index contributed by atoms with van der Waals surface area (Å²) in [6.45, 7) is 0.601. The SMILES string of the molecule is COc1ccc(C(OC[C@H]2OCC[C@@H]2O[PH](=O)O)(c2ccccc2)c2ccc(OC)cc2)cc1. The summed E-state index contributed by atoms with van der Waals surface area (Å²) < 4.78 is 39.9. The first kappa shape index (κ1) is 24.5. The summed E-state index contributed by atoms with van der Waals surface area (Å²) in [7, 11) is 0.171. The molecule has 1 fully saturated rings. The molecular weight excluding hydrogens is 455 g/mol. The molecule has 1 heterocycles. The van der Waals surface area contributed by atoms with Crippen molar-refractivity contribution < 1.29 is 32.9 Å². The smallest absolute Gasteiger partial charge is 0.316 e. The molecule has 34 heavy (non-hydrogen) atoms. The van der Waals surface area contributed by atoms with Gasteiger partial charge in [-0.1, -0.05) is 54.6 Å². The van der Waals surface area contributed by atoms with Crippen molar-refractivity contribution in [2.45, 2.75) is 24.2 Å². The molecule has 0 radical (unpaired) electrons. The van der Waals surface area contributed by atoms with E-state index in [2.05, 4.69) is 0 Å². The third kappa shape index (κ3) is 5.19. The van der Waals surface area contributed by atoms with Crippen LogP contribution in [0.4, 0.5) is 0 Å². The maximum atomic E-state index is 11.3. The van der Waals surface area contributed by atoms with Gasteiger partial charge >= 0.3 is 8.25 Å². The van der Waals surface area contributed by atoms with Gasteiger partial charge in [0.25, 0.3) is 0 Å². The highest BCUT2D eigenvalue weighted by Crippen LogP contribution is 2.42. The second-order valence-electron chi connectivity index (χ2n) is 7.94. The Morgan fingerprint density at radius 1 is 0.882 bits per heavy atom. The average Bonchev–Trinajstić information content (AvgIpc) is 3.32. The molecule has 3 aromatic rings. The maximum Gasteiger partial charge on any atom is 0.316 e. The normalized spacial score (nSPS) is 19.0. The van der Waals surface area contributed by atoms with Crippen LogP contribution in [0.15, 0.2) is 78.9 Å². The Kier molecular flexibility index (Phi) is 8.03. The Balaban J connectivity index is 1.80. The molecule has 8 heteroatoms. The summed E-state index contributed by atoms with van der Waals surface area (Å²) in [6, 6.07) is 25.4. The molecule has 0 bridgehead atoms. The lowest BCUT2D eigenvalue weighted by atomic mass is 9.80. The zero-order valence-electron chi connectivity index (χ0n) is 19.2. The maximum absolute atomic E-state index is 11.3. The number of benzene rings is 3. The van der Waals surface area contributed by atoms with Crippen LogP contribution in [-0.4, -0.2) is 44.5 Å². The molecule has 0 saturated carbocycles. The number of rotatable bonds is 10. The number of methoxy groups -OCH3 is 2. The van der Waals surface area contributed by atoms with Crippen LogP contribution in [0.1, 0.15) is 23.1 Å². The lowest BCUT2D eigenvalue weighted by molar-refractivity contribution is -0.0659. The van der Waals surface area contributed by atoms with Crippen LogP contribution in [0, 0.1) is 0 Å². The topological polar surface area (TPSA) is 83.5 Å². The van der Waals surface area contributed by atoms with E-state index in [9.17, 15) is 9.46 Å². The van der Waals surface area contributed by atoms with Gasteiger partial charge in [-0.2, -0.15) is 0 Å². The Hall–Kier alpha value is -2.67. The van der Waals surface area contributed by atoms with Crippen LogP contribution < -0.4 is 9.47 Å². The van der Waals surface area contributed by atoms with Gasteiger partial charge in [0.1, 0.15) is 23.2 Å². The molecule has 4 rings (SSSR count). The zero-order chi connectivity index (χ0) is 24.0. The summed E-state index contributed by atoms with van der Waals surface area (Å²) in [5.74, 6) is 1.47. The molecule has 1 aliphatic heterocycles. The molecule has 3 atom stereocenters. The Morgan fingerprint density at radius 2 is 1.41 bits per heavy atom. The molecule has 7 nitrogen and oxygen atoms in total. The van der Waals surface area contributed by atoms with Gasteiger partial charge in [0.2, 0.25) is 0 Å². The van der Waals surface area contributed by atoms with Crippen molar-refractivity contribution in [1.82, 2.24) is 0 Å². The van der Waals surface area contributed by atoms with E-state index in [1.165, 1.54) is 0 Å². The van der Waals surface area contributed by atoms with Gasteiger partial charge in [-0.05, 0) is 41.0 Å². The van der Waals surface area contributed by atoms with Crippen molar-refractivity contribution in [3.8, 4) is 11.5 Å². The molecular formula is C26H29O7P. The van der Waals surface area contributed by atoms with E-state index in [0.29, 0.717) is 13.0 Å². The van der Waals surface area contributed by atoms with Crippen molar-refractivity contribution >= 4 is 8.25 Å². The monoisotopic (exact) mass is 484 g/mol. The van der Waals surface area contributed by atoms with Gasteiger partial charge in [-0.25, -0.2) is 0 Å². The van der Waals surface area contributed by atoms with E-state index in [0.717, 1.165) is 28.2 Å². The molecule has 0 aliphatic carbocycles. The van der Waals surface area contributed by atoms with Crippen LogP contribution in [0.25, 0.3) is 0 Å². The van der Waals surface area contributed by atoms with Crippen molar-refractivity contribution in [1.29, 1.82) is 0 Å². The molecule has 1 N–H and O–H groups in total. The second-order valence-corrected chi connectivity index (χ2v) is 8.70. The minimum Gasteiger partial charge on any atom is -0.497 e. The number of hydrogen-bond donors (Lipinski definition) is 1. The molecule has 1 saturated heterocycles. The van der Waals surface area contributed by atoms with Crippen LogP contribution in [0.3, 0.4) is 0 Å². The van der Waals surface area contributed by atoms with Crippen molar-refractivity contribution in [3.05, 3.63) is 95.6 Å². The lowest BCUT2D eigenvalue weighted by Gasteiger charge is -2.37. The average molecular weight is 484 g/mol. The van der Waals surface area contributed by atoms with E-state index >= 15 is 0 Å². The van der Waals surface area contributed by atoms with Crippen LogP contribution in [0.5, 0.6) is 11.5 Å². The van der Waals surface area contributed by atoms with Crippen molar-refractivity contribution in [2.75, 3.05) is 27.4 Å². The van der Waals surface area contributed by atoms with E-state index in [4.69, 9.17) is 23.5 Å². The van der Waals surface area contributed by atoms with Crippen LogP contribution in [-0.2, 0) is 24.2 Å². The van der Waals surface area contributed by atoms with Crippen molar-refractivity contribution in [3.63, 3.8) is 0 Å². The zero-order valence-corrected chi connectivity index (χ0v) is 20.2. The Labute approximate surface area is 200 Å². The minimum absolute atomic E-state index is 0.159. The van der Waals surface area contributed by atoms with E-state index in [1.807, 2.05) is 78.9 Å². The summed E-state index contributed by atoms with van der Waals surface area (Å²) in [4.78, 5) is 9.30. The summed E-state index contributed by atoms with van der Waals surface area (Å²) in [6.07, 6.45) is -0.439. The van der Waals surface area contributed by atoms with Gasteiger partial charge in [0.15, 0.2) is 0 Å². The van der Waals surface area contributed by atoms with Gasteiger partial charge in [0.05, 0.1) is 26.9 Å². The Morgan fingerprint density at radius 3 is 1.91 bits per heavy atom. The number of hydrogen-bond acceptors (Lipinski definition) is 6. The fourth-order valence-corrected chi connectivity index (χ4v) is 4.86. The standard InChI is InChI=1S/C26H29O7P/c1-29-22-12-8-20(9-13-22)26(19-6-4-3-5-7-19,21-10-14-23(30-2)15-11-21)32-18-25-24(16-17-31-25)33-34(27)28/h3-15,24-25,34H,16-18H2,1-2H3,(H,27,28)/t24-,25+/m0/s1. The summed E-state index contributed by atoms with van der Waals surface area (Å²) in [5.41, 5.74) is 1.74. The van der Waals surface area contributed by atoms with Crippen LogP contribution in [0.2, 0.25) is 0 Å². The molecule has 1 unspecified atom stereocenters. The third-order valence-corrected chi connectivity index (χ3v) is 6.54. The summed E-state index contributed by atoms with van der Waals surface area (Å²) >= 11 is 0. The van der Waals surface area contributed by atoms with E-state index in [-0.39, 0.29) is 6.61 Å². The van der Waals surface area contributed by atoms with Gasteiger partial charge in [-0.3, -0.25) is 4.57 Å². The molecule has 0 aromatic heterocycles. The third-order valence-electron chi connectivity index (χ3n) is 6.04. The molecule has 0 amide bonds. The Bertz CT molecular complexity index is 1020. The predicted octanol–water partition coefficient (Wildman–Crippen LogP) is 4.57. The fourth-order valence-electron chi connectivity index (χ4n) is 4.33. The fraction of sp³-hybridized carbons (Fsp3) is 0.308. The second kappa shape index (κ2) is 11.2. The highest BCUT2D eigenvalue weighted by molar-refractivity contribution is 7.32. The first-order chi connectivity index (χ1) is 16.6. The largest absolute Gasteiger partial charge is 0.497 e. The van der Waals surface area contributed by atoms with E-state index in [1.54, 1.807) is 14.2 Å². The minimum atomic E-state index is -3.09. The first-order valence-corrected chi connectivity index (χ1v) is 12.3.